The van der Waals surface area contributed by atoms with Gasteiger partial charge in [-0.25, -0.2) is 4.79 Å². The quantitative estimate of drug-likeness (QED) is 0.126. The van der Waals surface area contributed by atoms with Gasteiger partial charge in [0, 0.05) is 27.9 Å². The van der Waals surface area contributed by atoms with Crippen LogP contribution in [0.2, 0.25) is 0 Å². The number of aryl methyl sites for hydroxylation is 1. The van der Waals surface area contributed by atoms with Gasteiger partial charge >= 0.3 is 10.8 Å². The Bertz CT molecular complexity index is 1370. The molecule has 0 atom stereocenters. The number of thiazole rings is 1. The molecule has 0 bridgehead atoms. The van der Waals surface area contributed by atoms with Crippen LogP contribution in [-0.2, 0) is 21.1 Å². The number of carbonyl (C=O) groups excluding carboxylic acids is 2. The van der Waals surface area contributed by atoms with E-state index in [1.165, 1.54) is 11.3 Å². The molecule has 200 valence electrons. The van der Waals surface area contributed by atoms with Crippen LogP contribution in [0.3, 0.4) is 0 Å². The number of aromatic nitrogens is 1. The molecule has 0 N–H and O–H groups in total. The number of benzene rings is 1. The standard InChI is InChI=1S/C28H30N2O5S3/c1-29(13-4-14-30-22-12-7-19(18-31)17-25(22)38-28(30)33)20-8-10-21(11-9-20)34-35-27(32)26(23-5-2-15-36-23)24-6-3-16-37-24/h2-3,5-7,12,15-18,20-21,26H,4,8-11,13-14H2,1H3. The number of hydrogen-bond acceptors (Lipinski definition) is 9. The van der Waals surface area contributed by atoms with E-state index in [2.05, 4.69) is 11.9 Å². The average molecular weight is 571 g/mol. The van der Waals surface area contributed by atoms with Crippen LogP contribution in [0.1, 0.15) is 58.1 Å². The molecule has 0 unspecified atom stereocenters. The Hall–Kier alpha value is -2.63. The summed E-state index contributed by atoms with van der Waals surface area (Å²) in [5.41, 5.74) is 1.48. The van der Waals surface area contributed by atoms with E-state index in [9.17, 15) is 14.4 Å². The molecule has 1 aliphatic rings. The lowest BCUT2D eigenvalue weighted by molar-refractivity contribution is -0.303. The largest absolute Gasteiger partial charge is 0.355 e. The number of hydrogen-bond donors (Lipinski definition) is 0. The number of aldehydes is 1. The van der Waals surface area contributed by atoms with Gasteiger partial charge in [-0.2, -0.15) is 4.89 Å². The Morgan fingerprint density at radius 2 is 1.82 bits per heavy atom. The summed E-state index contributed by atoms with van der Waals surface area (Å²) < 4.78 is 2.66. The van der Waals surface area contributed by atoms with Crippen molar-refractivity contribution in [3.05, 3.63) is 78.2 Å². The molecule has 0 spiro atoms. The van der Waals surface area contributed by atoms with Gasteiger partial charge < -0.3 is 4.90 Å². The predicted octanol–water partition coefficient (Wildman–Crippen LogP) is 5.94. The third-order valence-electron chi connectivity index (χ3n) is 7.15. The summed E-state index contributed by atoms with van der Waals surface area (Å²) in [6.45, 7) is 1.53. The molecule has 1 fully saturated rings. The zero-order valence-electron chi connectivity index (χ0n) is 21.1. The minimum atomic E-state index is -0.447. The normalized spacial score (nSPS) is 17.9. The zero-order chi connectivity index (χ0) is 26.5. The summed E-state index contributed by atoms with van der Waals surface area (Å²) in [6.07, 6.45) is 5.17. The first-order chi connectivity index (χ1) is 18.5. The molecule has 0 aliphatic heterocycles. The van der Waals surface area contributed by atoms with Gasteiger partial charge in [0.05, 0.1) is 10.2 Å². The average Bonchev–Trinajstić information content (AvgIpc) is 3.71. The van der Waals surface area contributed by atoms with Gasteiger partial charge in [-0.1, -0.05) is 23.5 Å². The lowest BCUT2D eigenvalue weighted by atomic mass is 9.92. The molecule has 3 aromatic heterocycles. The zero-order valence-corrected chi connectivity index (χ0v) is 23.6. The van der Waals surface area contributed by atoms with Gasteiger partial charge in [0.15, 0.2) is 0 Å². The van der Waals surface area contributed by atoms with Gasteiger partial charge in [0.2, 0.25) is 0 Å². The second-order valence-corrected chi connectivity index (χ2v) is 12.5. The van der Waals surface area contributed by atoms with Crippen LogP contribution < -0.4 is 4.87 Å². The van der Waals surface area contributed by atoms with Gasteiger partial charge in [0.25, 0.3) is 0 Å². The van der Waals surface area contributed by atoms with Crippen molar-refractivity contribution in [2.24, 2.45) is 0 Å². The highest BCUT2D eigenvalue weighted by molar-refractivity contribution is 7.16. The highest BCUT2D eigenvalue weighted by Crippen LogP contribution is 2.33. The highest BCUT2D eigenvalue weighted by Gasteiger charge is 2.30. The van der Waals surface area contributed by atoms with Crippen molar-refractivity contribution in [3.8, 4) is 0 Å². The molecule has 1 aliphatic carbocycles. The molecule has 3 heterocycles. The third kappa shape index (κ3) is 6.16. The van der Waals surface area contributed by atoms with Gasteiger partial charge in [-0.15, -0.1) is 22.7 Å². The second-order valence-electron chi connectivity index (χ2n) is 9.59. The Labute approximate surface area is 233 Å². The summed E-state index contributed by atoms with van der Waals surface area (Å²) >= 11 is 4.28. The van der Waals surface area contributed by atoms with Crippen LogP contribution >= 0.6 is 34.0 Å². The second kappa shape index (κ2) is 12.5. The fourth-order valence-electron chi connectivity index (χ4n) is 5.06. The summed E-state index contributed by atoms with van der Waals surface area (Å²) in [6, 6.07) is 13.6. The molecule has 1 aromatic carbocycles. The molecular weight excluding hydrogens is 541 g/mol. The number of rotatable bonds is 11. The highest BCUT2D eigenvalue weighted by atomic mass is 32.1. The molecular formula is C28H30N2O5S3. The van der Waals surface area contributed by atoms with Gasteiger partial charge in [-0.05, 0) is 86.8 Å². The maximum absolute atomic E-state index is 12.9. The molecule has 0 amide bonds. The fraction of sp³-hybridized carbons (Fsp3) is 0.393. The first-order valence-corrected chi connectivity index (χ1v) is 15.3. The van der Waals surface area contributed by atoms with Crippen LogP contribution in [-0.4, -0.2) is 47.5 Å². The van der Waals surface area contributed by atoms with Crippen LogP contribution in [0.25, 0.3) is 10.2 Å². The monoisotopic (exact) mass is 570 g/mol. The van der Waals surface area contributed by atoms with E-state index in [4.69, 9.17) is 9.78 Å². The molecule has 4 aromatic rings. The van der Waals surface area contributed by atoms with E-state index in [1.807, 2.05) is 41.1 Å². The van der Waals surface area contributed by atoms with Crippen LogP contribution in [0.4, 0.5) is 0 Å². The Morgan fingerprint density at radius 1 is 1.11 bits per heavy atom. The molecule has 1 saturated carbocycles. The minimum Gasteiger partial charge on any atom is -0.303 e. The lowest BCUT2D eigenvalue weighted by Crippen LogP contribution is -2.38. The van der Waals surface area contributed by atoms with Crippen molar-refractivity contribution in [1.82, 2.24) is 9.47 Å². The smallest absolute Gasteiger partial charge is 0.303 e. The first kappa shape index (κ1) is 27.0. The third-order valence-corrected chi connectivity index (χ3v) is 9.96. The van der Waals surface area contributed by atoms with Crippen molar-refractivity contribution in [2.45, 2.75) is 56.7 Å². The van der Waals surface area contributed by atoms with E-state index >= 15 is 0 Å². The van der Waals surface area contributed by atoms with Crippen molar-refractivity contribution >= 4 is 56.5 Å². The van der Waals surface area contributed by atoms with Crippen molar-refractivity contribution < 1.29 is 19.4 Å². The van der Waals surface area contributed by atoms with Crippen LogP contribution in [0.15, 0.2) is 58.0 Å². The van der Waals surface area contributed by atoms with E-state index < -0.39 is 5.92 Å². The van der Waals surface area contributed by atoms with Crippen molar-refractivity contribution in [3.63, 3.8) is 0 Å². The molecule has 38 heavy (non-hydrogen) atoms. The van der Waals surface area contributed by atoms with Crippen LogP contribution in [0, 0.1) is 0 Å². The minimum absolute atomic E-state index is 0.0123. The fourth-order valence-corrected chi connectivity index (χ4v) is 7.76. The number of carbonyl (C=O) groups is 2. The van der Waals surface area contributed by atoms with Crippen LogP contribution in [0.5, 0.6) is 0 Å². The summed E-state index contributed by atoms with van der Waals surface area (Å²) in [5.74, 6) is -0.815. The van der Waals surface area contributed by atoms with Gasteiger partial charge in [-0.3, -0.25) is 19.0 Å². The Kier molecular flexibility index (Phi) is 8.86. The Balaban J connectivity index is 1.07. The summed E-state index contributed by atoms with van der Waals surface area (Å²) in [5, 5.41) is 3.93. The van der Waals surface area contributed by atoms with Crippen molar-refractivity contribution in [1.29, 1.82) is 0 Å². The number of nitrogens with zero attached hydrogens (tertiary/aromatic N) is 2. The molecule has 0 saturated heterocycles. The Morgan fingerprint density at radius 3 is 2.45 bits per heavy atom. The maximum atomic E-state index is 12.9. The molecule has 10 heteroatoms. The summed E-state index contributed by atoms with van der Waals surface area (Å²) in [4.78, 5) is 51.7. The SMILES string of the molecule is CN(CCCn1c(=O)sc2cc(C=O)ccc21)C1CCC(OOC(=O)C(c2cccs2)c2cccs2)CC1. The maximum Gasteiger partial charge on any atom is 0.355 e. The number of thiophene rings is 2. The number of fused-ring (bicyclic) bond motifs is 1. The lowest BCUT2D eigenvalue weighted by Gasteiger charge is -2.34. The van der Waals surface area contributed by atoms with Crippen molar-refractivity contribution in [2.75, 3.05) is 13.6 Å². The molecule has 0 radical (unpaired) electrons. The molecule has 7 nitrogen and oxygen atoms in total. The molecule has 5 rings (SSSR count). The summed E-state index contributed by atoms with van der Waals surface area (Å²) in [7, 11) is 2.13. The van der Waals surface area contributed by atoms with E-state index in [-0.39, 0.29) is 16.9 Å². The van der Waals surface area contributed by atoms with E-state index in [0.29, 0.717) is 18.2 Å². The predicted molar refractivity (Wildman–Crippen MR) is 152 cm³/mol. The first-order valence-electron chi connectivity index (χ1n) is 12.8. The van der Waals surface area contributed by atoms with E-state index in [0.717, 1.165) is 64.9 Å². The van der Waals surface area contributed by atoms with E-state index in [1.54, 1.807) is 39.4 Å². The topological polar surface area (TPSA) is 77.8 Å². The van der Waals surface area contributed by atoms with Gasteiger partial charge in [0.1, 0.15) is 18.3 Å².